The van der Waals surface area contributed by atoms with Gasteiger partial charge in [0.2, 0.25) is 0 Å². The Morgan fingerprint density at radius 3 is 1.70 bits per heavy atom. The third-order valence-electron chi connectivity index (χ3n) is 6.70. The number of carbonyl (C=O) groups excluding carboxylic acids is 2. The first-order valence-electron chi connectivity index (χ1n) is 13.0. The maximum atomic E-state index is 13.8. The highest BCUT2D eigenvalue weighted by Gasteiger charge is 2.43. The molecular formula is C30H33NO6. The number of carboxylic acids is 1. The number of hydrogen-bond donors (Lipinski definition) is 1. The van der Waals surface area contributed by atoms with E-state index in [2.05, 4.69) is 13.8 Å². The minimum Gasteiger partial charge on any atom is -0.492 e. The molecule has 0 saturated heterocycles. The van der Waals surface area contributed by atoms with Crippen molar-refractivity contribution in [3.05, 3.63) is 65.2 Å². The number of carbonyl (C=O) groups is 3. The van der Waals surface area contributed by atoms with Crippen LogP contribution in [0.4, 0.5) is 5.69 Å². The normalized spacial score (nSPS) is 13.6. The van der Waals surface area contributed by atoms with Crippen molar-refractivity contribution >= 4 is 34.2 Å². The molecule has 0 saturated carbocycles. The fourth-order valence-corrected chi connectivity index (χ4v) is 4.68. The Morgan fingerprint density at radius 1 is 0.811 bits per heavy atom. The van der Waals surface area contributed by atoms with Crippen LogP contribution < -0.4 is 14.4 Å². The molecule has 0 spiro atoms. The Hall–Kier alpha value is -3.87. The molecule has 1 aliphatic rings. The van der Waals surface area contributed by atoms with Crippen molar-refractivity contribution in [2.75, 3.05) is 18.1 Å². The van der Waals surface area contributed by atoms with Gasteiger partial charge in [0.1, 0.15) is 11.5 Å². The van der Waals surface area contributed by atoms with E-state index in [9.17, 15) is 19.5 Å². The number of unbranched alkanes of at least 4 members (excludes halogenated alkanes) is 2. The Balaban J connectivity index is 1.84. The number of benzene rings is 3. The summed E-state index contributed by atoms with van der Waals surface area (Å²) in [4.78, 5) is 40.4. The number of amides is 2. The first-order valence-corrected chi connectivity index (χ1v) is 13.0. The SMILES string of the molecule is CCCCOc1c2c(c(OCCCC)c3ccccc13)C(=O)N(c1ccc(C(CC)C(=O)O)cc1)C2=O. The molecule has 4 rings (SSSR count). The largest absolute Gasteiger partial charge is 0.492 e. The zero-order chi connectivity index (χ0) is 26.5. The van der Waals surface area contributed by atoms with Crippen LogP contribution in [0.3, 0.4) is 0 Å². The van der Waals surface area contributed by atoms with Gasteiger partial charge >= 0.3 is 5.97 Å². The number of imide groups is 1. The van der Waals surface area contributed by atoms with E-state index in [-0.39, 0.29) is 11.1 Å². The van der Waals surface area contributed by atoms with Crippen LogP contribution in [0.5, 0.6) is 11.5 Å². The quantitative estimate of drug-likeness (QED) is 0.222. The highest BCUT2D eigenvalue weighted by molar-refractivity contribution is 6.38. The lowest BCUT2D eigenvalue weighted by Gasteiger charge is -2.17. The molecule has 7 heteroatoms. The van der Waals surface area contributed by atoms with Gasteiger partial charge < -0.3 is 14.6 Å². The Labute approximate surface area is 217 Å². The van der Waals surface area contributed by atoms with E-state index >= 15 is 0 Å². The summed E-state index contributed by atoms with van der Waals surface area (Å²) in [6.07, 6.45) is 3.92. The van der Waals surface area contributed by atoms with Gasteiger partial charge in [-0.05, 0) is 37.0 Å². The number of anilines is 1. The summed E-state index contributed by atoms with van der Waals surface area (Å²) in [5.41, 5.74) is 1.42. The number of aliphatic carboxylic acids is 1. The minimum absolute atomic E-state index is 0.215. The van der Waals surface area contributed by atoms with Crippen LogP contribution >= 0.6 is 0 Å². The standard InChI is InChI=1S/C30H33NO6/c1-4-7-17-36-26-22-11-9-10-12-23(22)27(37-18-8-5-2)25-24(26)28(32)31(29(25)33)20-15-13-19(14-16-20)21(6-3)30(34)35/h9-16,21H,4-8,17-18H2,1-3H3,(H,34,35). The Bertz CT molecular complexity index is 1250. The highest BCUT2D eigenvalue weighted by atomic mass is 16.5. The number of ether oxygens (including phenoxy) is 2. The van der Waals surface area contributed by atoms with E-state index in [0.29, 0.717) is 42.4 Å². The van der Waals surface area contributed by atoms with E-state index in [1.54, 1.807) is 24.3 Å². The molecule has 2 amide bonds. The van der Waals surface area contributed by atoms with Gasteiger partial charge in [-0.25, -0.2) is 4.90 Å². The van der Waals surface area contributed by atoms with Crippen LogP contribution in [0.2, 0.25) is 0 Å². The van der Waals surface area contributed by atoms with Gasteiger partial charge in [-0.1, -0.05) is 70.0 Å². The summed E-state index contributed by atoms with van der Waals surface area (Å²) in [7, 11) is 0. The molecule has 0 aliphatic carbocycles. The smallest absolute Gasteiger partial charge is 0.310 e. The van der Waals surface area contributed by atoms with Crippen molar-refractivity contribution in [1.29, 1.82) is 0 Å². The second-order valence-corrected chi connectivity index (χ2v) is 9.19. The predicted octanol–water partition coefficient (Wildman–Crippen LogP) is 6.58. The summed E-state index contributed by atoms with van der Waals surface area (Å²) >= 11 is 0. The Kier molecular flexibility index (Phi) is 8.11. The zero-order valence-corrected chi connectivity index (χ0v) is 21.6. The van der Waals surface area contributed by atoms with Gasteiger partial charge in [-0.2, -0.15) is 0 Å². The summed E-state index contributed by atoms with van der Waals surface area (Å²) in [5.74, 6) is -1.72. The monoisotopic (exact) mass is 503 g/mol. The highest BCUT2D eigenvalue weighted by Crippen LogP contribution is 2.46. The van der Waals surface area contributed by atoms with Crippen LogP contribution in [-0.4, -0.2) is 36.1 Å². The molecule has 1 aliphatic heterocycles. The summed E-state index contributed by atoms with van der Waals surface area (Å²) in [6.45, 7) is 6.77. The van der Waals surface area contributed by atoms with Crippen molar-refractivity contribution in [3.63, 3.8) is 0 Å². The molecule has 1 unspecified atom stereocenters. The Morgan fingerprint density at radius 2 is 1.30 bits per heavy atom. The van der Waals surface area contributed by atoms with Crippen molar-refractivity contribution in [3.8, 4) is 11.5 Å². The molecule has 37 heavy (non-hydrogen) atoms. The van der Waals surface area contributed by atoms with Crippen molar-refractivity contribution in [1.82, 2.24) is 0 Å². The van der Waals surface area contributed by atoms with E-state index in [0.717, 1.165) is 41.4 Å². The van der Waals surface area contributed by atoms with E-state index in [1.165, 1.54) is 0 Å². The molecule has 194 valence electrons. The lowest BCUT2D eigenvalue weighted by Crippen LogP contribution is -2.29. The number of hydrogen-bond acceptors (Lipinski definition) is 5. The summed E-state index contributed by atoms with van der Waals surface area (Å²) in [6, 6.07) is 14.1. The maximum Gasteiger partial charge on any atom is 0.310 e. The molecule has 1 atom stereocenters. The zero-order valence-electron chi connectivity index (χ0n) is 21.6. The van der Waals surface area contributed by atoms with E-state index < -0.39 is 23.7 Å². The van der Waals surface area contributed by atoms with Crippen LogP contribution in [-0.2, 0) is 4.79 Å². The van der Waals surface area contributed by atoms with E-state index in [4.69, 9.17) is 9.47 Å². The van der Waals surface area contributed by atoms with Crippen LogP contribution in [0.15, 0.2) is 48.5 Å². The average Bonchev–Trinajstić information content (AvgIpc) is 3.16. The molecular weight excluding hydrogens is 470 g/mol. The number of nitrogens with zero attached hydrogens (tertiary/aromatic N) is 1. The first kappa shape index (κ1) is 26.2. The van der Waals surface area contributed by atoms with Crippen molar-refractivity contribution in [2.24, 2.45) is 0 Å². The van der Waals surface area contributed by atoms with Crippen LogP contribution in [0.25, 0.3) is 10.8 Å². The molecule has 0 fully saturated rings. The summed E-state index contributed by atoms with van der Waals surface area (Å²) < 4.78 is 12.3. The van der Waals surface area contributed by atoms with Crippen LogP contribution in [0, 0.1) is 0 Å². The molecule has 1 N–H and O–H groups in total. The fourth-order valence-electron chi connectivity index (χ4n) is 4.68. The van der Waals surface area contributed by atoms with Crippen molar-refractivity contribution < 1.29 is 29.0 Å². The topological polar surface area (TPSA) is 93.1 Å². The third kappa shape index (κ3) is 4.90. The molecule has 0 aromatic heterocycles. The van der Waals surface area contributed by atoms with Gasteiger partial charge in [-0.3, -0.25) is 14.4 Å². The van der Waals surface area contributed by atoms with Crippen molar-refractivity contribution in [2.45, 2.75) is 58.8 Å². The van der Waals surface area contributed by atoms with Gasteiger partial charge in [0, 0.05) is 10.8 Å². The molecule has 3 aromatic rings. The molecule has 3 aromatic carbocycles. The molecule has 7 nitrogen and oxygen atoms in total. The molecule has 0 bridgehead atoms. The second-order valence-electron chi connectivity index (χ2n) is 9.19. The molecule has 1 heterocycles. The lowest BCUT2D eigenvalue weighted by atomic mass is 9.96. The van der Waals surface area contributed by atoms with E-state index in [1.807, 2.05) is 31.2 Å². The average molecular weight is 504 g/mol. The lowest BCUT2D eigenvalue weighted by molar-refractivity contribution is -0.138. The minimum atomic E-state index is -0.912. The number of fused-ring (bicyclic) bond motifs is 2. The number of carboxylic acid groups (broad SMARTS) is 1. The second kappa shape index (κ2) is 11.5. The van der Waals surface area contributed by atoms with Gasteiger partial charge in [0.05, 0.1) is 35.9 Å². The maximum absolute atomic E-state index is 13.8. The first-order chi connectivity index (χ1) is 17.9. The molecule has 0 radical (unpaired) electrons. The van der Waals surface area contributed by atoms with Gasteiger partial charge in [-0.15, -0.1) is 0 Å². The predicted molar refractivity (Wildman–Crippen MR) is 143 cm³/mol. The summed E-state index contributed by atoms with van der Waals surface area (Å²) in [5, 5.41) is 11.0. The van der Waals surface area contributed by atoms with Gasteiger partial charge in [0.25, 0.3) is 11.8 Å². The fraction of sp³-hybridized carbons (Fsp3) is 0.367. The third-order valence-corrected chi connectivity index (χ3v) is 6.70. The van der Waals surface area contributed by atoms with Gasteiger partial charge in [0.15, 0.2) is 0 Å². The number of rotatable bonds is 12. The van der Waals surface area contributed by atoms with Crippen LogP contribution in [0.1, 0.15) is 85.1 Å².